The number of aliphatic hydroxyl groups excluding tert-OH is 2. The normalized spacial score (nSPS) is 15.0. The molecular formula is C73H122O16P2. The maximum Gasteiger partial charge on any atom is 0.472 e. The lowest BCUT2D eigenvalue weighted by Crippen LogP contribution is -2.30. The second-order valence-electron chi connectivity index (χ2n) is 22.6. The van der Waals surface area contributed by atoms with Crippen LogP contribution in [0.25, 0.3) is 0 Å². The van der Waals surface area contributed by atoms with E-state index < -0.39 is 91.5 Å². The lowest BCUT2D eigenvalue weighted by Gasteiger charge is -2.21. The van der Waals surface area contributed by atoms with Crippen molar-refractivity contribution in [3.05, 3.63) is 134 Å². The highest BCUT2D eigenvalue weighted by molar-refractivity contribution is 7.47. The lowest BCUT2D eigenvalue weighted by molar-refractivity contribution is -0.161. The minimum atomic E-state index is -4.94. The number of hydrogen-bond donors (Lipinski definition) is 4. The Hall–Kier alpha value is -4.31. The average Bonchev–Trinajstić information content (AvgIpc) is 3.70. The van der Waals surface area contributed by atoms with E-state index in [9.17, 15) is 43.5 Å². The standard InChI is InChI=1S/C73H122O16P2/c1-4-7-10-13-16-19-22-24-26-28-30-31-32-33-34-35-37-39-40-42-45-47-50-53-56-59-71(76)83-62-68(74)63-85-90(79,80)86-64-69(75)65-87-91(81,82)88-67-70(89-73(78)61-58-55-52-49-44-21-18-15-12-9-6-3)66-84-72(77)60-57-54-51-48-46-43-41-38-36-29-27-25-23-20-17-14-11-8-5-2/h7-8,10-11,16-17,19-20,24-27,30-31,33-34,36,38,43,46,51,54,68-70,74-75H,4-6,9,12-15,18,21-23,28-29,32,35,37,39-42,44-45,47-50,52-53,55-67H2,1-3H3,(H,79,80)(H,81,82)/b10-7-,11-8-,19-16-,20-17-,26-24-,27-25-,31-30-,34-33-,38-36-,46-43-,54-51-. The highest BCUT2D eigenvalue weighted by Crippen LogP contribution is 2.45. The molecular weight excluding hydrogens is 1190 g/mol. The molecule has 91 heavy (non-hydrogen) atoms. The number of phosphoric ester groups is 2. The van der Waals surface area contributed by atoms with E-state index in [1.54, 1.807) is 0 Å². The second kappa shape index (κ2) is 65.7. The Kier molecular flexibility index (Phi) is 62.6. The summed E-state index contributed by atoms with van der Waals surface area (Å²) in [4.78, 5) is 58.3. The van der Waals surface area contributed by atoms with Crippen molar-refractivity contribution in [2.75, 3.05) is 39.6 Å². The number of phosphoric acid groups is 2. The number of allylic oxidation sites excluding steroid dienone is 22. The molecule has 520 valence electrons. The third-order valence-electron chi connectivity index (χ3n) is 13.9. The van der Waals surface area contributed by atoms with Crippen molar-refractivity contribution < 1.29 is 75.8 Å². The molecule has 0 saturated carbocycles. The topological polar surface area (TPSA) is 231 Å². The minimum Gasteiger partial charge on any atom is -0.463 e. The molecule has 0 aromatic heterocycles. The Morgan fingerprint density at radius 3 is 0.989 bits per heavy atom. The quantitative estimate of drug-likeness (QED) is 0.0146. The van der Waals surface area contributed by atoms with E-state index >= 15 is 0 Å². The Morgan fingerprint density at radius 2 is 0.604 bits per heavy atom. The van der Waals surface area contributed by atoms with E-state index in [4.69, 9.17) is 32.3 Å². The summed E-state index contributed by atoms with van der Waals surface area (Å²) in [6, 6.07) is 0. The van der Waals surface area contributed by atoms with Crippen LogP contribution < -0.4 is 0 Å². The second-order valence-corrected chi connectivity index (χ2v) is 25.5. The molecule has 0 aliphatic rings. The summed E-state index contributed by atoms with van der Waals surface area (Å²) < 4.78 is 60.7. The molecule has 0 saturated heterocycles. The fourth-order valence-electron chi connectivity index (χ4n) is 8.68. The van der Waals surface area contributed by atoms with Crippen LogP contribution in [0.5, 0.6) is 0 Å². The van der Waals surface area contributed by atoms with E-state index in [2.05, 4.69) is 136 Å². The van der Waals surface area contributed by atoms with Gasteiger partial charge < -0.3 is 34.2 Å². The monoisotopic (exact) mass is 1320 g/mol. The lowest BCUT2D eigenvalue weighted by atomic mass is 10.1. The van der Waals surface area contributed by atoms with Crippen LogP contribution >= 0.6 is 15.6 Å². The molecule has 5 unspecified atom stereocenters. The highest BCUT2D eigenvalue weighted by Gasteiger charge is 2.29. The molecule has 0 fully saturated rings. The first-order valence-electron chi connectivity index (χ1n) is 34.5. The number of carbonyl (C=O) groups excluding carboxylic acids is 3. The van der Waals surface area contributed by atoms with Crippen LogP contribution in [0.1, 0.15) is 252 Å². The number of unbranched alkanes of at least 4 members (excludes halogenated alkanes) is 19. The smallest absolute Gasteiger partial charge is 0.463 e. The molecule has 16 nitrogen and oxygen atoms in total. The largest absolute Gasteiger partial charge is 0.472 e. The summed E-state index contributed by atoms with van der Waals surface area (Å²) in [6.07, 6.45) is 76.7. The van der Waals surface area contributed by atoms with Gasteiger partial charge in [-0.15, -0.1) is 0 Å². The van der Waals surface area contributed by atoms with Gasteiger partial charge in [-0.25, -0.2) is 9.13 Å². The van der Waals surface area contributed by atoms with Gasteiger partial charge in [0.05, 0.1) is 26.4 Å². The zero-order valence-corrected chi connectivity index (χ0v) is 58.0. The molecule has 4 N–H and O–H groups in total. The van der Waals surface area contributed by atoms with E-state index in [0.717, 1.165) is 122 Å². The number of hydrogen-bond acceptors (Lipinski definition) is 14. The van der Waals surface area contributed by atoms with Gasteiger partial charge in [-0.05, 0) is 103 Å². The fourth-order valence-corrected chi connectivity index (χ4v) is 10.3. The van der Waals surface area contributed by atoms with Gasteiger partial charge in [0.1, 0.15) is 25.4 Å². The van der Waals surface area contributed by atoms with Crippen LogP contribution in [-0.2, 0) is 55.8 Å². The third-order valence-corrected chi connectivity index (χ3v) is 15.8. The van der Waals surface area contributed by atoms with E-state index in [1.807, 2.05) is 18.2 Å². The molecule has 0 aromatic carbocycles. The summed E-state index contributed by atoms with van der Waals surface area (Å²) in [5.41, 5.74) is 0. The minimum absolute atomic E-state index is 0.0437. The Bertz CT molecular complexity index is 2190. The van der Waals surface area contributed by atoms with Gasteiger partial charge in [-0.2, -0.15) is 0 Å². The van der Waals surface area contributed by atoms with Gasteiger partial charge in [-0.1, -0.05) is 264 Å². The molecule has 5 atom stereocenters. The molecule has 0 aromatic rings. The van der Waals surface area contributed by atoms with Crippen molar-refractivity contribution in [1.82, 2.24) is 0 Å². The number of aliphatic hydroxyl groups is 2. The summed E-state index contributed by atoms with van der Waals surface area (Å²) in [7, 11) is -9.80. The Labute approximate surface area is 550 Å². The third kappa shape index (κ3) is 66.9. The molecule has 0 radical (unpaired) electrons. The zero-order chi connectivity index (χ0) is 66.7. The zero-order valence-electron chi connectivity index (χ0n) is 56.2. The first kappa shape index (κ1) is 86.7. The molecule has 0 rings (SSSR count). The molecule has 0 spiro atoms. The van der Waals surface area contributed by atoms with E-state index in [1.165, 1.54) is 64.2 Å². The van der Waals surface area contributed by atoms with Crippen LogP contribution in [0.4, 0.5) is 0 Å². The summed E-state index contributed by atoms with van der Waals surface area (Å²) in [5.74, 6) is -1.68. The first-order valence-corrected chi connectivity index (χ1v) is 37.5. The first-order chi connectivity index (χ1) is 44.2. The number of esters is 3. The predicted molar refractivity (Wildman–Crippen MR) is 371 cm³/mol. The van der Waals surface area contributed by atoms with Gasteiger partial charge in [0.25, 0.3) is 0 Å². The van der Waals surface area contributed by atoms with Gasteiger partial charge in [0.2, 0.25) is 0 Å². The maximum absolute atomic E-state index is 12.9. The average molecular weight is 1320 g/mol. The van der Waals surface area contributed by atoms with Crippen LogP contribution in [-0.4, -0.2) is 95.9 Å². The van der Waals surface area contributed by atoms with Crippen molar-refractivity contribution >= 4 is 33.6 Å². The van der Waals surface area contributed by atoms with Crippen LogP contribution in [0.2, 0.25) is 0 Å². The van der Waals surface area contributed by atoms with Crippen molar-refractivity contribution in [2.45, 2.75) is 270 Å². The maximum atomic E-state index is 12.9. The Balaban J connectivity index is 4.59. The van der Waals surface area contributed by atoms with Crippen LogP contribution in [0, 0.1) is 0 Å². The van der Waals surface area contributed by atoms with Gasteiger partial charge >= 0.3 is 33.6 Å². The van der Waals surface area contributed by atoms with Crippen molar-refractivity contribution in [3.8, 4) is 0 Å². The number of rotatable bonds is 64. The highest BCUT2D eigenvalue weighted by atomic mass is 31.2. The number of ether oxygens (including phenoxy) is 3. The van der Waals surface area contributed by atoms with E-state index in [-0.39, 0.29) is 19.3 Å². The molecule has 0 aliphatic heterocycles. The molecule has 0 aliphatic carbocycles. The van der Waals surface area contributed by atoms with Crippen molar-refractivity contribution in [3.63, 3.8) is 0 Å². The van der Waals surface area contributed by atoms with Crippen LogP contribution in [0.3, 0.4) is 0 Å². The number of carbonyl (C=O) groups is 3. The molecule has 0 heterocycles. The molecule has 0 amide bonds. The van der Waals surface area contributed by atoms with Gasteiger partial charge in [0.15, 0.2) is 6.10 Å². The summed E-state index contributed by atoms with van der Waals surface area (Å²) in [5, 5.41) is 20.5. The van der Waals surface area contributed by atoms with Crippen molar-refractivity contribution in [2.24, 2.45) is 0 Å². The Morgan fingerprint density at radius 1 is 0.319 bits per heavy atom. The van der Waals surface area contributed by atoms with Gasteiger partial charge in [-0.3, -0.25) is 32.5 Å². The fraction of sp³-hybridized carbons (Fsp3) is 0.658. The van der Waals surface area contributed by atoms with Gasteiger partial charge in [0, 0.05) is 19.3 Å². The van der Waals surface area contributed by atoms with E-state index in [0.29, 0.717) is 25.7 Å². The SMILES string of the molecule is CC/C=C\C/C=C\C/C=C\C/C=C\C/C=C\C/C=C\CCC(=O)OCC(COP(=O)(O)OCC(O)COP(=O)(O)OCC(O)COC(=O)CCCCCCCCCCC/C=C\C/C=C\C/C=C\C/C=C\C/C=C\CC)OC(=O)CCCCCCCCCCCCC. The summed E-state index contributed by atoms with van der Waals surface area (Å²) >= 11 is 0. The van der Waals surface area contributed by atoms with Crippen molar-refractivity contribution in [1.29, 1.82) is 0 Å². The van der Waals surface area contributed by atoms with Crippen LogP contribution in [0.15, 0.2) is 134 Å². The molecule has 18 heteroatoms. The molecule has 0 bridgehead atoms. The summed E-state index contributed by atoms with van der Waals surface area (Å²) in [6.45, 7) is 2.32. The predicted octanol–water partition coefficient (Wildman–Crippen LogP) is 19.2.